The van der Waals surface area contributed by atoms with Crippen molar-refractivity contribution in [3.05, 3.63) is 99.2 Å². The van der Waals surface area contributed by atoms with Crippen LogP contribution in [0.1, 0.15) is 16.7 Å². The van der Waals surface area contributed by atoms with Crippen molar-refractivity contribution in [2.45, 2.75) is 19.1 Å². The minimum Gasteiger partial charge on any atom is -0.492 e. The van der Waals surface area contributed by atoms with Crippen molar-refractivity contribution in [2.75, 3.05) is 27.9 Å². The van der Waals surface area contributed by atoms with Gasteiger partial charge in [0.1, 0.15) is 25.2 Å². The molecule has 0 aliphatic rings. The van der Waals surface area contributed by atoms with Gasteiger partial charge in [-0.3, -0.25) is 9.36 Å². The van der Waals surface area contributed by atoms with Gasteiger partial charge in [0.15, 0.2) is 6.10 Å². The molecule has 0 saturated heterocycles. The average molecular weight is 521 g/mol. The van der Waals surface area contributed by atoms with Gasteiger partial charge in [-0.15, -0.1) is 0 Å². The van der Waals surface area contributed by atoms with Gasteiger partial charge in [-0.1, -0.05) is 65.0 Å². The van der Waals surface area contributed by atoms with E-state index in [4.69, 9.17) is 19.0 Å². The highest BCUT2D eigenvalue weighted by Crippen LogP contribution is 2.22. The first-order valence-electron chi connectivity index (χ1n) is 11.7. The van der Waals surface area contributed by atoms with E-state index >= 15 is 0 Å². The fraction of sp³-hybridized carbons (Fsp3) is 0.250. The predicted octanol–water partition coefficient (Wildman–Crippen LogP) is 4.27. The third-order valence-corrected chi connectivity index (χ3v) is 6.79. The van der Waals surface area contributed by atoms with E-state index in [0.717, 1.165) is 26.9 Å². The van der Waals surface area contributed by atoms with Gasteiger partial charge >= 0.3 is 10.8 Å². The number of carbonyl (C=O) groups excluding carboxylic acids is 1. The van der Waals surface area contributed by atoms with Gasteiger partial charge < -0.3 is 19.0 Å². The van der Waals surface area contributed by atoms with Crippen LogP contribution in [-0.4, -0.2) is 50.3 Å². The van der Waals surface area contributed by atoms with Crippen molar-refractivity contribution in [3.8, 4) is 5.75 Å². The number of methoxy groups -OCH3 is 2. The Balaban J connectivity index is 1.43. The maximum absolute atomic E-state index is 12.7. The summed E-state index contributed by atoms with van der Waals surface area (Å²) in [6.07, 6.45) is -0.247. The van der Waals surface area contributed by atoms with Crippen LogP contribution in [0.25, 0.3) is 10.2 Å². The molecule has 8 nitrogen and oxygen atoms in total. The van der Waals surface area contributed by atoms with Gasteiger partial charge in [0.2, 0.25) is 0 Å². The summed E-state index contributed by atoms with van der Waals surface area (Å²) >= 11 is 1.19. The van der Waals surface area contributed by atoms with E-state index in [1.807, 2.05) is 72.8 Å². The van der Waals surface area contributed by atoms with E-state index in [2.05, 4.69) is 5.16 Å². The van der Waals surface area contributed by atoms with Crippen molar-refractivity contribution in [2.24, 2.45) is 5.16 Å². The van der Waals surface area contributed by atoms with Crippen LogP contribution >= 0.6 is 11.3 Å². The second-order valence-electron chi connectivity index (χ2n) is 8.13. The fourth-order valence-electron chi connectivity index (χ4n) is 3.97. The molecular formula is C28H28N2O6S. The Morgan fingerprint density at radius 2 is 1.73 bits per heavy atom. The molecule has 0 aliphatic heterocycles. The van der Waals surface area contributed by atoms with Crippen LogP contribution in [0, 0.1) is 0 Å². The number of carbonyl (C=O) groups is 1. The standard InChI is InChI=1S/C28H28N2O6S/c1-33-24(27(31)34-2)17-19-9-12-22(13-10-19)36-16-15-30-23-14-11-21(18-25(23)37-28(30)32)26(29-35-3)20-7-5-4-6-8-20/h4-14,18,24H,15-17H2,1-3H3. The summed E-state index contributed by atoms with van der Waals surface area (Å²) in [4.78, 5) is 29.5. The van der Waals surface area contributed by atoms with Crippen molar-refractivity contribution in [1.82, 2.24) is 4.57 Å². The number of thiazole rings is 1. The van der Waals surface area contributed by atoms with Gasteiger partial charge in [-0.25, -0.2) is 4.79 Å². The molecule has 9 heteroatoms. The fourth-order valence-corrected chi connectivity index (χ4v) is 4.93. The number of ether oxygens (including phenoxy) is 3. The molecule has 0 spiro atoms. The maximum Gasteiger partial charge on any atom is 0.335 e. The highest BCUT2D eigenvalue weighted by molar-refractivity contribution is 7.16. The third-order valence-electron chi connectivity index (χ3n) is 5.85. The smallest absolute Gasteiger partial charge is 0.335 e. The Bertz CT molecular complexity index is 1430. The molecule has 0 amide bonds. The first-order valence-corrected chi connectivity index (χ1v) is 12.5. The summed E-state index contributed by atoms with van der Waals surface area (Å²) in [5.74, 6) is 0.264. The molecule has 0 bridgehead atoms. The SMILES string of the molecule is CON=C(c1ccccc1)c1ccc2c(c1)sc(=O)n2CCOc1ccc(CC(OC)C(=O)OC)cc1. The molecule has 1 aromatic heterocycles. The number of hydrogen-bond donors (Lipinski definition) is 0. The Morgan fingerprint density at radius 1 is 0.973 bits per heavy atom. The Kier molecular flexibility index (Phi) is 8.71. The molecule has 3 aromatic carbocycles. The number of hydrogen-bond acceptors (Lipinski definition) is 8. The zero-order valence-electron chi connectivity index (χ0n) is 20.9. The average Bonchev–Trinajstić information content (AvgIpc) is 3.25. The van der Waals surface area contributed by atoms with E-state index < -0.39 is 12.1 Å². The molecule has 1 unspecified atom stereocenters. The largest absolute Gasteiger partial charge is 0.492 e. The Morgan fingerprint density at radius 3 is 2.41 bits per heavy atom. The lowest BCUT2D eigenvalue weighted by Crippen LogP contribution is -2.26. The minimum absolute atomic E-state index is 0.0514. The van der Waals surface area contributed by atoms with Gasteiger partial charge in [-0.2, -0.15) is 0 Å². The first kappa shape index (κ1) is 26.1. The molecule has 192 valence electrons. The maximum atomic E-state index is 12.7. The minimum atomic E-state index is -0.652. The molecular weight excluding hydrogens is 492 g/mol. The molecule has 4 aromatic rings. The van der Waals surface area contributed by atoms with Crippen LogP contribution in [0.2, 0.25) is 0 Å². The highest BCUT2D eigenvalue weighted by atomic mass is 32.1. The second-order valence-corrected chi connectivity index (χ2v) is 9.13. The van der Waals surface area contributed by atoms with Crippen molar-refractivity contribution >= 4 is 33.2 Å². The van der Waals surface area contributed by atoms with Crippen LogP contribution in [-0.2, 0) is 32.1 Å². The van der Waals surface area contributed by atoms with Crippen LogP contribution in [0.15, 0.2) is 82.7 Å². The molecule has 0 N–H and O–H groups in total. The topological polar surface area (TPSA) is 88.4 Å². The number of rotatable bonds is 11. The lowest BCUT2D eigenvalue weighted by molar-refractivity contribution is -0.152. The summed E-state index contributed by atoms with van der Waals surface area (Å²) in [5, 5.41) is 4.21. The summed E-state index contributed by atoms with van der Waals surface area (Å²) in [7, 11) is 4.33. The van der Waals surface area contributed by atoms with Gasteiger partial charge in [0.05, 0.1) is 23.9 Å². The molecule has 1 atom stereocenters. The van der Waals surface area contributed by atoms with Crippen LogP contribution < -0.4 is 9.61 Å². The zero-order chi connectivity index (χ0) is 26.2. The van der Waals surface area contributed by atoms with E-state index in [9.17, 15) is 9.59 Å². The highest BCUT2D eigenvalue weighted by Gasteiger charge is 2.19. The van der Waals surface area contributed by atoms with Crippen molar-refractivity contribution in [3.63, 3.8) is 0 Å². The Hall–Kier alpha value is -3.95. The molecule has 4 rings (SSSR count). The van der Waals surface area contributed by atoms with Gasteiger partial charge in [-0.05, 0) is 29.8 Å². The number of fused-ring (bicyclic) bond motifs is 1. The summed E-state index contributed by atoms with van der Waals surface area (Å²) in [5.41, 5.74) is 4.27. The van der Waals surface area contributed by atoms with Crippen LogP contribution in [0.3, 0.4) is 0 Å². The third kappa shape index (κ3) is 6.25. The summed E-state index contributed by atoms with van der Waals surface area (Å²) in [6, 6.07) is 23.0. The number of aromatic nitrogens is 1. The zero-order valence-corrected chi connectivity index (χ0v) is 21.7. The molecule has 0 fully saturated rings. The monoisotopic (exact) mass is 520 g/mol. The van der Waals surface area contributed by atoms with E-state index in [0.29, 0.717) is 31.0 Å². The molecule has 37 heavy (non-hydrogen) atoms. The van der Waals surface area contributed by atoms with Crippen molar-refractivity contribution < 1.29 is 23.8 Å². The quantitative estimate of drug-likeness (QED) is 0.167. The van der Waals surface area contributed by atoms with Gasteiger partial charge in [0, 0.05) is 24.7 Å². The first-order chi connectivity index (χ1) is 18.0. The van der Waals surface area contributed by atoms with E-state index in [1.54, 1.807) is 4.57 Å². The van der Waals surface area contributed by atoms with Crippen LogP contribution in [0.5, 0.6) is 5.75 Å². The Labute approximate surface area is 218 Å². The number of benzene rings is 3. The van der Waals surface area contributed by atoms with Crippen molar-refractivity contribution in [1.29, 1.82) is 0 Å². The molecule has 1 heterocycles. The van der Waals surface area contributed by atoms with Gasteiger partial charge in [0.25, 0.3) is 0 Å². The summed E-state index contributed by atoms with van der Waals surface area (Å²) in [6.45, 7) is 0.738. The van der Waals surface area contributed by atoms with E-state index in [-0.39, 0.29) is 4.87 Å². The number of oxime groups is 1. The second kappa shape index (κ2) is 12.3. The molecule has 0 radical (unpaired) electrons. The molecule has 0 saturated carbocycles. The number of esters is 1. The van der Waals surface area contributed by atoms with Crippen LogP contribution in [0.4, 0.5) is 0 Å². The van der Waals surface area contributed by atoms with E-state index in [1.165, 1.54) is 32.7 Å². The predicted molar refractivity (Wildman–Crippen MR) is 144 cm³/mol. The normalized spacial score (nSPS) is 12.4. The lowest BCUT2D eigenvalue weighted by Gasteiger charge is -2.13. The summed E-state index contributed by atoms with van der Waals surface area (Å²) < 4.78 is 18.4. The lowest BCUT2D eigenvalue weighted by atomic mass is 10.0. The number of nitrogens with zero attached hydrogens (tertiary/aromatic N) is 2. The molecule has 0 aliphatic carbocycles.